The molecule has 1 N–H and O–H groups in total. The number of likely N-dealkylation sites (tertiary alicyclic amines) is 1. The van der Waals surface area contributed by atoms with Gasteiger partial charge in [0.05, 0.1) is 12.4 Å². The molecule has 0 radical (unpaired) electrons. The predicted molar refractivity (Wildman–Crippen MR) is 127 cm³/mol. The van der Waals surface area contributed by atoms with Gasteiger partial charge in [-0.1, -0.05) is 39.0 Å². The van der Waals surface area contributed by atoms with E-state index in [1.54, 1.807) is 0 Å². The Morgan fingerprint density at radius 2 is 2.10 bits per heavy atom. The van der Waals surface area contributed by atoms with Crippen molar-refractivity contribution in [3.05, 3.63) is 48.5 Å². The first-order chi connectivity index (χ1) is 15.2. The Bertz CT molecular complexity index is 802. The van der Waals surface area contributed by atoms with Crippen molar-refractivity contribution in [3.63, 3.8) is 0 Å². The summed E-state index contributed by atoms with van der Waals surface area (Å²) in [5, 5.41) is 3.56. The summed E-state index contributed by atoms with van der Waals surface area (Å²) in [6, 6.07) is 8.69. The van der Waals surface area contributed by atoms with Crippen LogP contribution in [0, 0.1) is 5.92 Å². The molecule has 7 nitrogen and oxygen atoms in total. The molecule has 1 aromatic heterocycles. The first-order valence-electron chi connectivity index (χ1n) is 11.5. The SMILES string of the molecule is CCN(CC)CCOc1ccccc1CNC(=NC)N1CCC(C)C(n2ccnc2)C1. The van der Waals surface area contributed by atoms with Gasteiger partial charge in [0.2, 0.25) is 0 Å². The highest BCUT2D eigenvalue weighted by Gasteiger charge is 2.28. The maximum Gasteiger partial charge on any atom is 0.193 e. The number of para-hydroxylation sites is 1. The Labute approximate surface area is 187 Å². The van der Waals surface area contributed by atoms with E-state index in [9.17, 15) is 0 Å². The maximum atomic E-state index is 6.12. The van der Waals surface area contributed by atoms with Crippen molar-refractivity contribution in [1.29, 1.82) is 0 Å². The Hall–Kier alpha value is -2.54. The van der Waals surface area contributed by atoms with Crippen molar-refractivity contribution in [2.45, 2.75) is 39.8 Å². The fraction of sp³-hybridized carbons (Fsp3) is 0.583. The molecule has 7 heteroatoms. The molecule has 1 aliphatic heterocycles. The minimum absolute atomic E-state index is 0.408. The lowest BCUT2D eigenvalue weighted by Gasteiger charge is -2.39. The van der Waals surface area contributed by atoms with Gasteiger partial charge in [0.15, 0.2) is 5.96 Å². The van der Waals surface area contributed by atoms with Gasteiger partial charge in [0, 0.05) is 51.2 Å². The highest BCUT2D eigenvalue weighted by atomic mass is 16.5. The molecule has 1 aliphatic rings. The monoisotopic (exact) mass is 426 g/mol. The van der Waals surface area contributed by atoms with Crippen LogP contribution in [-0.4, -0.2) is 71.7 Å². The minimum atomic E-state index is 0.408. The van der Waals surface area contributed by atoms with E-state index in [0.29, 0.717) is 25.1 Å². The fourth-order valence-electron chi connectivity index (χ4n) is 4.22. The molecular formula is C24H38N6O. The van der Waals surface area contributed by atoms with Crippen LogP contribution < -0.4 is 10.1 Å². The lowest BCUT2D eigenvalue weighted by Crippen LogP contribution is -2.48. The summed E-state index contributed by atoms with van der Waals surface area (Å²) >= 11 is 0. The van der Waals surface area contributed by atoms with E-state index in [0.717, 1.165) is 56.4 Å². The number of imidazole rings is 1. The highest BCUT2D eigenvalue weighted by molar-refractivity contribution is 5.80. The molecule has 170 valence electrons. The topological polar surface area (TPSA) is 57.9 Å². The van der Waals surface area contributed by atoms with Crippen LogP contribution in [0.4, 0.5) is 0 Å². The van der Waals surface area contributed by atoms with Crippen LogP contribution in [0.15, 0.2) is 48.0 Å². The van der Waals surface area contributed by atoms with E-state index < -0.39 is 0 Å². The molecule has 1 fully saturated rings. The van der Waals surface area contributed by atoms with E-state index >= 15 is 0 Å². The van der Waals surface area contributed by atoms with Crippen molar-refractivity contribution in [2.75, 3.05) is 46.4 Å². The minimum Gasteiger partial charge on any atom is -0.492 e. The second-order valence-corrected chi connectivity index (χ2v) is 8.17. The number of piperidine rings is 1. The summed E-state index contributed by atoms with van der Waals surface area (Å²) in [5.41, 5.74) is 1.15. The molecule has 0 bridgehead atoms. The molecule has 0 spiro atoms. The lowest BCUT2D eigenvalue weighted by atomic mass is 9.93. The van der Waals surface area contributed by atoms with Crippen molar-refractivity contribution in [3.8, 4) is 5.75 Å². The van der Waals surface area contributed by atoms with Crippen molar-refractivity contribution >= 4 is 5.96 Å². The quantitative estimate of drug-likeness (QED) is 0.493. The highest BCUT2D eigenvalue weighted by Crippen LogP contribution is 2.27. The average molecular weight is 427 g/mol. The number of benzene rings is 1. The smallest absolute Gasteiger partial charge is 0.193 e. The van der Waals surface area contributed by atoms with Gasteiger partial charge >= 0.3 is 0 Å². The first-order valence-corrected chi connectivity index (χ1v) is 11.5. The van der Waals surface area contributed by atoms with Gasteiger partial charge in [0.1, 0.15) is 12.4 Å². The summed E-state index contributed by atoms with van der Waals surface area (Å²) in [4.78, 5) is 13.5. The molecule has 0 aliphatic carbocycles. The number of aliphatic imine (C=N–C) groups is 1. The van der Waals surface area contributed by atoms with E-state index in [2.05, 4.69) is 74.8 Å². The van der Waals surface area contributed by atoms with Crippen molar-refractivity contribution < 1.29 is 4.74 Å². The van der Waals surface area contributed by atoms with Crippen molar-refractivity contribution in [1.82, 2.24) is 24.7 Å². The molecule has 3 rings (SSSR count). The molecule has 2 atom stereocenters. The van der Waals surface area contributed by atoms with E-state index in [4.69, 9.17) is 4.74 Å². The van der Waals surface area contributed by atoms with Gasteiger partial charge in [-0.05, 0) is 31.5 Å². The summed E-state index contributed by atoms with van der Waals surface area (Å²) in [6.45, 7) is 13.1. The second-order valence-electron chi connectivity index (χ2n) is 8.17. The number of aromatic nitrogens is 2. The number of nitrogens with one attached hydrogen (secondary N) is 1. The summed E-state index contributed by atoms with van der Waals surface area (Å²) < 4.78 is 8.34. The lowest BCUT2D eigenvalue weighted by molar-refractivity contribution is 0.189. The van der Waals surface area contributed by atoms with Crippen LogP contribution in [-0.2, 0) is 6.54 Å². The van der Waals surface area contributed by atoms with E-state index in [1.165, 1.54) is 0 Å². The molecule has 2 aromatic rings. The summed E-state index contributed by atoms with van der Waals surface area (Å²) in [5.74, 6) is 2.50. The number of hydrogen-bond acceptors (Lipinski definition) is 4. The van der Waals surface area contributed by atoms with Gasteiger partial charge in [-0.15, -0.1) is 0 Å². The third-order valence-electron chi connectivity index (χ3n) is 6.31. The summed E-state index contributed by atoms with van der Waals surface area (Å²) in [7, 11) is 1.86. The molecule has 0 amide bonds. The van der Waals surface area contributed by atoms with Crippen LogP contribution in [0.5, 0.6) is 5.75 Å². The third-order valence-corrected chi connectivity index (χ3v) is 6.31. The van der Waals surface area contributed by atoms with Crippen LogP contribution in [0.3, 0.4) is 0 Å². The van der Waals surface area contributed by atoms with Crippen molar-refractivity contribution in [2.24, 2.45) is 10.9 Å². The summed E-state index contributed by atoms with van der Waals surface area (Å²) in [6.07, 6.45) is 6.98. The maximum absolute atomic E-state index is 6.12. The molecule has 0 saturated carbocycles. The van der Waals surface area contributed by atoms with Crippen LogP contribution >= 0.6 is 0 Å². The number of likely N-dealkylation sites (N-methyl/N-ethyl adjacent to an activating group) is 1. The predicted octanol–water partition coefficient (Wildman–Crippen LogP) is 3.26. The molecule has 2 unspecified atom stereocenters. The first kappa shape index (κ1) is 23.1. The Morgan fingerprint density at radius 3 is 2.81 bits per heavy atom. The molecule has 1 saturated heterocycles. The van der Waals surface area contributed by atoms with Crippen LogP contribution in [0.1, 0.15) is 38.8 Å². The van der Waals surface area contributed by atoms with Gasteiger partial charge in [-0.3, -0.25) is 4.99 Å². The molecule has 1 aromatic carbocycles. The van der Waals surface area contributed by atoms with Gasteiger partial charge in [0.25, 0.3) is 0 Å². The van der Waals surface area contributed by atoms with E-state index in [1.807, 2.05) is 25.6 Å². The second kappa shape index (κ2) is 11.7. The van der Waals surface area contributed by atoms with Gasteiger partial charge < -0.3 is 24.4 Å². The fourth-order valence-corrected chi connectivity index (χ4v) is 4.22. The zero-order valence-electron chi connectivity index (χ0n) is 19.5. The van der Waals surface area contributed by atoms with Gasteiger partial charge in [-0.2, -0.15) is 0 Å². The number of nitrogens with zero attached hydrogens (tertiary/aromatic N) is 5. The normalized spacial score (nSPS) is 19.6. The zero-order chi connectivity index (χ0) is 22.1. The zero-order valence-corrected chi connectivity index (χ0v) is 19.5. The Morgan fingerprint density at radius 1 is 1.29 bits per heavy atom. The average Bonchev–Trinajstić information content (AvgIpc) is 3.33. The Balaban J connectivity index is 1.58. The van der Waals surface area contributed by atoms with E-state index in [-0.39, 0.29) is 0 Å². The molecule has 2 heterocycles. The van der Waals surface area contributed by atoms with Crippen LogP contribution in [0.25, 0.3) is 0 Å². The molecular weight excluding hydrogens is 388 g/mol. The third kappa shape index (κ3) is 6.23. The number of guanidine groups is 1. The number of rotatable bonds is 9. The largest absolute Gasteiger partial charge is 0.492 e. The molecule has 31 heavy (non-hydrogen) atoms. The van der Waals surface area contributed by atoms with Gasteiger partial charge in [-0.25, -0.2) is 4.98 Å². The number of hydrogen-bond donors (Lipinski definition) is 1. The number of ether oxygens (including phenoxy) is 1. The Kier molecular flexibility index (Phi) is 8.76. The van der Waals surface area contributed by atoms with Crippen LogP contribution in [0.2, 0.25) is 0 Å². The standard InChI is InChI=1S/C24H38N6O/c1-5-28(6-2)15-16-31-23-10-8-7-9-21(23)17-27-24(25-4)29-13-11-20(3)22(18-29)30-14-12-26-19-30/h7-10,12,14,19-20,22H,5-6,11,13,15-18H2,1-4H3,(H,25,27).